The van der Waals surface area contributed by atoms with Crippen LogP contribution in [0, 0.1) is 24.2 Å². The number of hydrogen-bond acceptors (Lipinski definition) is 3. The topological polar surface area (TPSA) is 45.0 Å². The summed E-state index contributed by atoms with van der Waals surface area (Å²) in [5.41, 5.74) is 0.444. The first-order chi connectivity index (χ1) is 12.7. The number of alkyl halides is 3. The Morgan fingerprint density at radius 3 is 2.56 bits per heavy atom. The Balaban J connectivity index is 1.83. The zero-order chi connectivity index (χ0) is 19.7. The minimum Gasteiger partial charge on any atom is -0.457 e. The average molecular weight is 395 g/mol. The van der Waals surface area contributed by atoms with Crippen LogP contribution in [0.1, 0.15) is 24.0 Å². The number of nitriles is 1. The molecular formula is C20H18ClF3N2O. The highest BCUT2D eigenvalue weighted by Gasteiger charge is 2.50. The minimum atomic E-state index is -4.28. The molecule has 3 rings (SSSR count). The molecule has 0 saturated carbocycles. The number of halogens is 4. The second-order valence-corrected chi connectivity index (χ2v) is 7.14. The summed E-state index contributed by atoms with van der Waals surface area (Å²) in [7, 11) is 0. The van der Waals surface area contributed by atoms with Gasteiger partial charge in [-0.25, -0.2) is 0 Å². The smallest absolute Gasteiger partial charge is 0.393 e. The summed E-state index contributed by atoms with van der Waals surface area (Å²) < 4.78 is 45.1. The van der Waals surface area contributed by atoms with E-state index in [4.69, 9.17) is 21.6 Å². The summed E-state index contributed by atoms with van der Waals surface area (Å²) in [6.07, 6.45) is -4.47. The van der Waals surface area contributed by atoms with Gasteiger partial charge in [0.2, 0.25) is 0 Å². The number of nitrogens with one attached hydrogen (secondary N) is 1. The molecule has 3 nitrogen and oxygen atoms in total. The fourth-order valence-corrected chi connectivity index (χ4v) is 3.54. The van der Waals surface area contributed by atoms with Crippen molar-refractivity contribution in [3.05, 3.63) is 58.6 Å². The van der Waals surface area contributed by atoms with Crippen molar-refractivity contribution in [2.75, 3.05) is 6.54 Å². The molecule has 0 unspecified atom stereocenters. The normalized spacial score (nSPS) is 22.4. The van der Waals surface area contributed by atoms with Crippen molar-refractivity contribution >= 4 is 11.6 Å². The van der Waals surface area contributed by atoms with Crippen LogP contribution < -0.4 is 10.1 Å². The first-order valence-corrected chi connectivity index (χ1v) is 8.85. The fraction of sp³-hybridized carbons (Fsp3) is 0.350. The lowest BCUT2D eigenvalue weighted by atomic mass is 9.83. The van der Waals surface area contributed by atoms with Crippen molar-refractivity contribution in [3.63, 3.8) is 0 Å². The zero-order valence-corrected chi connectivity index (χ0v) is 15.4. The Bertz CT molecular complexity index is 861. The summed E-state index contributed by atoms with van der Waals surface area (Å²) in [5, 5.41) is 12.7. The molecule has 27 heavy (non-hydrogen) atoms. The standard InChI is InChI=1S/C20H18ClF3N2O/c1-13-17(21)3-2-4-18(13)27-16-7-5-14(6-8-16)19(9-10-25)11-15(12-26-19)20(22,23)24/h2-8,15,26H,9,11-12H2,1H3/t15-,19+/m0/s1. The number of rotatable bonds is 4. The van der Waals surface area contributed by atoms with Gasteiger partial charge in [0, 0.05) is 17.1 Å². The van der Waals surface area contributed by atoms with E-state index < -0.39 is 17.6 Å². The van der Waals surface area contributed by atoms with Gasteiger partial charge in [-0.1, -0.05) is 29.8 Å². The Hall–Kier alpha value is -2.23. The lowest BCUT2D eigenvalue weighted by molar-refractivity contribution is -0.170. The molecule has 0 bridgehead atoms. The molecule has 142 valence electrons. The first kappa shape index (κ1) is 19.5. The van der Waals surface area contributed by atoms with Crippen LogP contribution in [0.4, 0.5) is 13.2 Å². The highest BCUT2D eigenvalue weighted by molar-refractivity contribution is 6.31. The van der Waals surface area contributed by atoms with E-state index in [1.165, 1.54) is 0 Å². The molecule has 1 fully saturated rings. The van der Waals surface area contributed by atoms with Crippen molar-refractivity contribution in [2.45, 2.75) is 31.5 Å². The van der Waals surface area contributed by atoms with Gasteiger partial charge in [-0.15, -0.1) is 0 Å². The van der Waals surface area contributed by atoms with E-state index in [2.05, 4.69) is 5.32 Å². The van der Waals surface area contributed by atoms with Crippen LogP contribution >= 0.6 is 11.6 Å². The predicted molar refractivity (Wildman–Crippen MR) is 96.8 cm³/mol. The van der Waals surface area contributed by atoms with Crippen LogP contribution in [-0.2, 0) is 5.54 Å². The van der Waals surface area contributed by atoms with E-state index in [9.17, 15) is 13.2 Å². The van der Waals surface area contributed by atoms with Gasteiger partial charge in [-0.3, -0.25) is 0 Å². The van der Waals surface area contributed by atoms with E-state index in [-0.39, 0.29) is 19.4 Å². The van der Waals surface area contributed by atoms with E-state index >= 15 is 0 Å². The van der Waals surface area contributed by atoms with E-state index in [0.29, 0.717) is 22.1 Å². The molecule has 1 aliphatic rings. The number of hydrogen-bond donors (Lipinski definition) is 1. The highest BCUT2D eigenvalue weighted by Crippen LogP contribution is 2.43. The molecule has 0 aliphatic carbocycles. The third kappa shape index (κ3) is 4.05. The van der Waals surface area contributed by atoms with Crippen LogP contribution in [0.2, 0.25) is 5.02 Å². The van der Waals surface area contributed by atoms with Crippen molar-refractivity contribution in [1.82, 2.24) is 5.32 Å². The van der Waals surface area contributed by atoms with Gasteiger partial charge in [0.1, 0.15) is 11.5 Å². The molecule has 7 heteroatoms. The molecule has 2 aromatic carbocycles. The van der Waals surface area contributed by atoms with Crippen molar-refractivity contribution in [1.29, 1.82) is 5.26 Å². The number of benzene rings is 2. The maximum atomic E-state index is 13.1. The Morgan fingerprint density at radius 1 is 1.26 bits per heavy atom. The third-order valence-electron chi connectivity index (χ3n) is 4.98. The molecule has 0 spiro atoms. The van der Waals surface area contributed by atoms with Crippen LogP contribution in [-0.4, -0.2) is 12.7 Å². The van der Waals surface area contributed by atoms with Gasteiger partial charge in [-0.05, 0) is 43.2 Å². The predicted octanol–water partition coefficient (Wildman–Crippen LogP) is 5.72. The lowest BCUT2D eigenvalue weighted by Crippen LogP contribution is -2.36. The minimum absolute atomic E-state index is 0.0345. The molecule has 1 aliphatic heterocycles. The second-order valence-electron chi connectivity index (χ2n) is 6.73. The van der Waals surface area contributed by atoms with E-state index in [1.807, 2.05) is 13.0 Å². The van der Waals surface area contributed by atoms with Crippen LogP contribution in [0.15, 0.2) is 42.5 Å². The Labute approximate surface area is 160 Å². The summed E-state index contributed by atoms with van der Waals surface area (Å²) >= 11 is 6.08. The number of nitrogens with zero attached hydrogens (tertiary/aromatic N) is 1. The highest BCUT2D eigenvalue weighted by atomic mass is 35.5. The monoisotopic (exact) mass is 394 g/mol. The van der Waals surface area contributed by atoms with Gasteiger partial charge >= 0.3 is 6.18 Å². The van der Waals surface area contributed by atoms with Gasteiger partial charge < -0.3 is 10.1 Å². The van der Waals surface area contributed by atoms with Crippen LogP contribution in [0.25, 0.3) is 0 Å². The van der Waals surface area contributed by atoms with E-state index in [0.717, 1.165) is 5.56 Å². The maximum absolute atomic E-state index is 13.1. The summed E-state index contributed by atoms with van der Waals surface area (Å²) in [6.45, 7) is 1.65. The van der Waals surface area contributed by atoms with Crippen molar-refractivity contribution < 1.29 is 17.9 Å². The average Bonchev–Trinajstić information content (AvgIpc) is 3.06. The molecule has 0 amide bonds. The second kappa shape index (κ2) is 7.41. The molecule has 1 saturated heterocycles. The molecule has 0 radical (unpaired) electrons. The largest absolute Gasteiger partial charge is 0.457 e. The molecular weight excluding hydrogens is 377 g/mol. The first-order valence-electron chi connectivity index (χ1n) is 8.47. The summed E-state index contributed by atoms with van der Waals surface area (Å²) in [4.78, 5) is 0. The van der Waals surface area contributed by atoms with Gasteiger partial charge in [0.15, 0.2) is 0 Å². The number of ether oxygens (including phenoxy) is 1. The lowest BCUT2D eigenvalue weighted by Gasteiger charge is -2.28. The van der Waals surface area contributed by atoms with E-state index in [1.54, 1.807) is 42.5 Å². The van der Waals surface area contributed by atoms with Gasteiger partial charge in [0.05, 0.1) is 23.9 Å². The molecule has 1 N–H and O–H groups in total. The Morgan fingerprint density at radius 2 is 1.96 bits per heavy atom. The third-order valence-corrected chi connectivity index (χ3v) is 5.39. The maximum Gasteiger partial charge on any atom is 0.393 e. The quantitative estimate of drug-likeness (QED) is 0.721. The van der Waals surface area contributed by atoms with Crippen molar-refractivity contribution in [2.24, 2.45) is 5.92 Å². The van der Waals surface area contributed by atoms with Crippen molar-refractivity contribution in [3.8, 4) is 17.6 Å². The van der Waals surface area contributed by atoms with Gasteiger partial charge in [-0.2, -0.15) is 18.4 Å². The Kier molecular flexibility index (Phi) is 5.36. The SMILES string of the molecule is Cc1c(Cl)cccc1Oc1ccc([C@@]2(CC#N)C[C@H](C(F)(F)F)CN2)cc1. The van der Waals surface area contributed by atoms with Gasteiger partial charge in [0.25, 0.3) is 0 Å². The van der Waals surface area contributed by atoms with Crippen LogP contribution in [0.5, 0.6) is 11.5 Å². The molecule has 2 atom stereocenters. The summed E-state index contributed by atoms with van der Waals surface area (Å²) in [5.74, 6) is -0.310. The van der Waals surface area contributed by atoms with Crippen LogP contribution in [0.3, 0.4) is 0 Å². The summed E-state index contributed by atoms with van der Waals surface area (Å²) in [6, 6.07) is 14.1. The zero-order valence-electron chi connectivity index (χ0n) is 14.6. The molecule has 2 aromatic rings. The molecule has 1 heterocycles. The molecule has 0 aromatic heterocycles. The fourth-order valence-electron chi connectivity index (χ4n) is 3.37.